The van der Waals surface area contributed by atoms with Crippen molar-refractivity contribution in [2.45, 2.75) is 39.2 Å². The summed E-state index contributed by atoms with van der Waals surface area (Å²) < 4.78 is 0. The van der Waals surface area contributed by atoms with E-state index in [0.29, 0.717) is 18.5 Å². The van der Waals surface area contributed by atoms with Crippen molar-refractivity contribution in [1.82, 2.24) is 4.90 Å². The number of nitrogens with zero attached hydrogens (tertiary/aromatic N) is 2. The first-order valence-corrected chi connectivity index (χ1v) is 8.16. The van der Waals surface area contributed by atoms with Crippen LogP contribution in [0.1, 0.15) is 43.7 Å². The van der Waals surface area contributed by atoms with Crippen LogP contribution in [0.5, 0.6) is 0 Å². The second-order valence-electron chi connectivity index (χ2n) is 4.77. The lowest BCUT2D eigenvalue weighted by Gasteiger charge is -2.22. The van der Waals surface area contributed by atoms with Crippen molar-refractivity contribution in [3.8, 4) is 6.07 Å². The van der Waals surface area contributed by atoms with Gasteiger partial charge in [-0.3, -0.25) is 4.79 Å². The SMILES string of the molecule is CCCN(Cc1ccc(C#N)cc1)C(=O)CCCCBr. The maximum Gasteiger partial charge on any atom is 0.222 e. The summed E-state index contributed by atoms with van der Waals surface area (Å²) in [6.07, 6.45) is 3.53. The highest BCUT2D eigenvalue weighted by molar-refractivity contribution is 9.09. The van der Waals surface area contributed by atoms with Gasteiger partial charge in [-0.15, -0.1) is 0 Å². The van der Waals surface area contributed by atoms with E-state index in [1.54, 1.807) is 12.1 Å². The predicted octanol–water partition coefficient (Wildman–Crippen LogP) is 3.86. The van der Waals surface area contributed by atoms with Gasteiger partial charge in [-0.25, -0.2) is 0 Å². The van der Waals surface area contributed by atoms with Crippen LogP contribution in [0.4, 0.5) is 0 Å². The normalized spacial score (nSPS) is 10.1. The molecule has 0 saturated carbocycles. The van der Waals surface area contributed by atoms with Crippen molar-refractivity contribution in [2.24, 2.45) is 0 Å². The molecule has 0 spiro atoms. The number of carbonyl (C=O) groups is 1. The molecule has 0 unspecified atom stereocenters. The van der Waals surface area contributed by atoms with Gasteiger partial charge in [-0.2, -0.15) is 5.26 Å². The van der Waals surface area contributed by atoms with Gasteiger partial charge in [0.25, 0.3) is 0 Å². The average Bonchev–Trinajstić information content (AvgIpc) is 2.47. The Balaban J connectivity index is 2.60. The van der Waals surface area contributed by atoms with Crippen molar-refractivity contribution >= 4 is 21.8 Å². The van der Waals surface area contributed by atoms with Gasteiger partial charge in [0, 0.05) is 24.8 Å². The molecule has 1 rings (SSSR count). The van der Waals surface area contributed by atoms with Crippen molar-refractivity contribution in [2.75, 3.05) is 11.9 Å². The highest BCUT2D eigenvalue weighted by atomic mass is 79.9. The summed E-state index contributed by atoms with van der Waals surface area (Å²) in [6.45, 7) is 3.50. The lowest BCUT2D eigenvalue weighted by Crippen LogP contribution is -2.31. The number of amides is 1. The number of unbranched alkanes of at least 4 members (excludes halogenated alkanes) is 1. The predicted molar refractivity (Wildman–Crippen MR) is 84.5 cm³/mol. The molecule has 4 heteroatoms. The summed E-state index contributed by atoms with van der Waals surface area (Å²) in [6, 6.07) is 9.55. The lowest BCUT2D eigenvalue weighted by molar-refractivity contribution is -0.132. The molecule has 0 fully saturated rings. The fourth-order valence-electron chi connectivity index (χ4n) is 2.00. The average molecular weight is 337 g/mol. The zero-order chi connectivity index (χ0) is 14.8. The number of halogens is 1. The number of hydrogen-bond acceptors (Lipinski definition) is 2. The molecule has 1 aromatic rings. The van der Waals surface area contributed by atoms with Gasteiger partial charge in [0.15, 0.2) is 0 Å². The van der Waals surface area contributed by atoms with Gasteiger partial charge in [-0.05, 0) is 37.0 Å². The fraction of sp³-hybridized carbons (Fsp3) is 0.500. The zero-order valence-electron chi connectivity index (χ0n) is 11.9. The number of rotatable bonds is 8. The minimum atomic E-state index is 0.220. The first-order valence-electron chi connectivity index (χ1n) is 7.04. The Bertz CT molecular complexity index is 451. The number of alkyl halides is 1. The van der Waals surface area contributed by atoms with Gasteiger partial charge in [-0.1, -0.05) is 35.0 Å². The molecule has 1 amide bonds. The van der Waals surface area contributed by atoms with E-state index in [2.05, 4.69) is 28.9 Å². The molecule has 0 aromatic heterocycles. The van der Waals surface area contributed by atoms with Gasteiger partial charge in [0.05, 0.1) is 11.6 Å². The van der Waals surface area contributed by atoms with Crippen molar-refractivity contribution < 1.29 is 4.79 Å². The van der Waals surface area contributed by atoms with Gasteiger partial charge in [0.2, 0.25) is 5.91 Å². The van der Waals surface area contributed by atoms with Gasteiger partial charge in [0.1, 0.15) is 0 Å². The minimum absolute atomic E-state index is 0.220. The van der Waals surface area contributed by atoms with Crippen LogP contribution in [0.15, 0.2) is 24.3 Å². The molecule has 1 aromatic carbocycles. The molecule has 0 N–H and O–H groups in total. The molecule has 0 aliphatic heterocycles. The first kappa shape index (κ1) is 16.7. The van der Waals surface area contributed by atoms with E-state index in [9.17, 15) is 4.79 Å². The number of hydrogen-bond donors (Lipinski definition) is 0. The Morgan fingerprint density at radius 2 is 2.00 bits per heavy atom. The van der Waals surface area contributed by atoms with Crippen LogP contribution in [0, 0.1) is 11.3 Å². The molecular formula is C16H21BrN2O. The monoisotopic (exact) mass is 336 g/mol. The van der Waals surface area contributed by atoms with Crippen molar-refractivity contribution in [3.63, 3.8) is 0 Å². The quantitative estimate of drug-likeness (QED) is 0.534. The van der Waals surface area contributed by atoms with Crippen LogP contribution < -0.4 is 0 Å². The minimum Gasteiger partial charge on any atom is -0.338 e. The Morgan fingerprint density at radius 1 is 1.30 bits per heavy atom. The maximum absolute atomic E-state index is 12.2. The highest BCUT2D eigenvalue weighted by Crippen LogP contribution is 2.10. The summed E-state index contributed by atoms with van der Waals surface area (Å²) in [5, 5.41) is 9.73. The maximum atomic E-state index is 12.2. The first-order chi connectivity index (χ1) is 9.71. The third-order valence-electron chi connectivity index (χ3n) is 3.08. The van der Waals surface area contributed by atoms with Gasteiger partial charge < -0.3 is 4.90 Å². The lowest BCUT2D eigenvalue weighted by atomic mass is 10.1. The van der Waals surface area contributed by atoms with E-state index in [1.165, 1.54) is 0 Å². The number of nitriles is 1. The summed E-state index contributed by atoms with van der Waals surface area (Å²) in [7, 11) is 0. The molecular weight excluding hydrogens is 316 g/mol. The highest BCUT2D eigenvalue weighted by Gasteiger charge is 2.12. The van der Waals surface area contributed by atoms with Crippen LogP contribution in [-0.2, 0) is 11.3 Å². The Morgan fingerprint density at radius 3 is 2.55 bits per heavy atom. The number of carbonyl (C=O) groups excluding carboxylic acids is 1. The molecule has 0 bridgehead atoms. The molecule has 0 atom stereocenters. The third-order valence-corrected chi connectivity index (χ3v) is 3.64. The second kappa shape index (κ2) is 9.55. The third kappa shape index (κ3) is 5.75. The zero-order valence-corrected chi connectivity index (χ0v) is 13.5. The summed E-state index contributed by atoms with van der Waals surface area (Å²) >= 11 is 3.38. The molecule has 0 aliphatic rings. The molecule has 0 saturated heterocycles. The van der Waals surface area contributed by atoms with E-state index in [-0.39, 0.29) is 5.91 Å². The second-order valence-corrected chi connectivity index (χ2v) is 5.56. The smallest absolute Gasteiger partial charge is 0.222 e. The van der Waals surface area contributed by atoms with E-state index < -0.39 is 0 Å². The molecule has 0 heterocycles. The summed E-state index contributed by atoms with van der Waals surface area (Å²) in [5.41, 5.74) is 1.73. The van der Waals surface area contributed by atoms with Crippen molar-refractivity contribution in [3.05, 3.63) is 35.4 Å². The summed E-state index contributed by atoms with van der Waals surface area (Å²) in [5.74, 6) is 0.220. The van der Waals surface area contributed by atoms with E-state index in [4.69, 9.17) is 5.26 Å². The van der Waals surface area contributed by atoms with E-state index in [1.807, 2.05) is 17.0 Å². The van der Waals surface area contributed by atoms with Crippen LogP contribution in [0.25, 0.3) is 0 Å². The Kier molecular flexibility index (Phi) is 7.98. The molecule has 108 valence electrons. The standard InChI is InChI=1S/C16H21BrN2O/c1-2-11-19(16(20)5-3-4-10-17)13-15-8-6-14(12-18)7-9-15/h6-9H,2-5,10-11,13H2,1H3. The van der Waals surface area contributed by atoms with Crippen LogP contribution in [0.2, 0.25) is 0 Å². The topological polar surface area (TPSA) is 44.1 Å². The molecule has 20 heavy (non-hydrogen) atoms. The number of benzene rings is 1. The van der Waals surface area contributed by atoms with E-state index in [0.717, 1.165) is 36.7 Å². The van der Waals surface area contributed by atoms with Gasteiger partial charge >= 0.3 is 0 Å². The van der Waals surface area contributed by atoms with Crippen LogP contribution in [-0.4, -0.2) is 22.7 Å². The molecule has 3 nitrogen and oxygen atoms in total. The largest absolute Gasteiger partial charge is 0.338 e. The Hall–Kier alpha value is -1.34. The molecule has 0 radical (unpaired) electrons. The van der Waals surface area contributed by atoms with Crippen molar-refractivity contribution in [1.29, 1.82) is 5.26 Å². The summed E-state index contributed by atoms with van der Waals surface area (Å²) in [4.78, 5) is 14.1. The molecule has 0 aliphatic carbocycles. The Labute approximate surface area is 129 Å². The van der Waals surface area contributed by atoms with Crippen LogP contribution >= 0.6 is 15.9 Å². The van der Waals surface area contributed by atoms with E-state index >= 15 is 0 Å². The van der Waals surface area contributed by atoms with Crippen LogP contribution in [0.3, 0.4) is 0 Å². The fourth-order valence-corrected chi connectivity index (χ4v) is 2.39.